The molecule has 4 heteroatoms. The van der Waals surface area contributed by atoms with Gasteiger partial charge in [0.1, 0.15) is 5.82 Å². The lowest BCUT2D eigenvalue weighted by atomic mass is 9.94. The number of aliphatic hydroxyl groups excluding tert-OH is 1. The summed E-state index contributed by atoms with van der Waals surface area (Å²) in [5, 5.41) is 9.11. The molecule has 84 valence electrons. The monoisotopic (exact) mass is 209 g/mol. The Hall–Kier alpha value is -0.870. The lowest BCUT2D eigenvalue weighted by molar-refractivity contribution is 0.264. The van der Waals surface area contributed by atoms with E-state index >= 15 is 0 Å². The Morgan fingerprint density at radius 3 is 3.07 bits per heavy atom. The van der Waals surface area contributed by atoms with Crippen molar-refractivity contribution in [3.8, 4) is 0 Å². The molecule has 0 aromatic carbocycles. The topological polar surface area (TPSA) is 64.1 Å². The van der Waals surface area contributed by atoms with Crippen LogP contribution in [-0.2, 0) is 6.54 Å². The number of nitrogens with two attached hydrogens (primary N) is 1. The minimum atomic E-state index is -0.333. The van der Waals surface area contributed by atoms with E-state index in [0.717, 1.165) is 18.1 Å². The predicted octanol–water partition coefficient (Wildman–Crippen LogP) is 1.08. The van der Waals surface area contributed by atoms with Crippen molar-refractivity contribution in [3.63, 3.8) is 0 Å². The molecule has 0 saturated heterocycles. The van der Waals surface area contributed by atoms with Gasteiger partial charge >= 0.3 is 0 Å². The van der Waals surface area contributed by atoms with Crippen molar-refractivity contribution >= 4 is 0 Å². The quantitative estimate of drug-likeness (QED) is 0.766. The number of fused-ring (bicyclic) bond motifs is 1. The van der Waals surface area contributed by atoms with Crippen LogP contribution in [0.3, 0.4) is 0 Å². The van der Waals surface area contributed by atoms with Crippen molar-refractivity contribution in [2.45, 2.75) is 45.2 Å². The second-order valence-electron chi connectivity index (χ2n) is 4.41. The summed E-state index contributed by atoms with van der Waals surface area (Å²) < 4.78 is 2.25. The van der Waals surface area contributed by atoms with E-state index in [1.165, 1.54) is 18.5 Å². The molecule has 1 aromatic heterocycles. The largest absolute Gasteiger partial charge is 0.394 e. The Bertz CT molecular complexity index is 359. The van der Waals surface area contributed by atoms with E-state index in [1.54, 1.807) is 0 Å². The third-order valence-corrected chi connectivity index (χ3v) is 3.26. The van der Waals surface area contributed by atoms with Gasteiger partial charge in [-0.15, -0.1) is 0 Å². The Balaban J connectivity index is 2.48. The number of rotatable bonds is 2. The zero-order valence-corrected chi connectivity index (χ0v) is 9.40. The Morgan fingerprint density at radius 1 is 1.67 bits per heavy atom. The normalized spacial score (nSPS) is 22.5. The fourth-order valence-electron chi connectivity index (χ4n) is 2.46. The van der Waals surface area contributed by atoms with Crippen LogP contribution < -0.4 is 5.73 Å². The molecule has 0 amide bonds. The molecule has 2 heterocycles. The number of aromatic nitrogens is 2. The Labute approximate surface area is 90.1 Å². The van der Waals surface area contributed by atoms with Crippen molar-refractivity contribution in [2.75, 3.05) is 6.61 Å². The third-order valence-electron chi connectivity index (χ3n) is 3.26. The molecule has 4 nitrogen and oxygen atoms in total. The first-order chi connectivity index (χ1) is 7.15. The van der Waals surface area contributed by atoms with Crippen molar-refractivity contribution in [1.82, 2.24) is 9.55 Å². The van der Waals surface area contributed by atoms with Crippen molar-refractivity contribution < 1.29 is 5.11 Å². The summed E-state index contributed by atoms with van der Waals surface area (Å²) in [7, 11) is 0. The minimum absolute atomic E-state index is 0.0316. The third kappa shape index (κ3) is 1.68. The molecule has 0 spiro atoms. The van der Waals surface area contributed by atoms with Crippen molar-refractivity contribution in [2.24, 2.45) is 5.73 Å². The summed E-state index contributed by atoms with van der Waals surface area (Å²) in [5.74, 6) is 1.53. The van der Waals surface area contributed by atoms with E-state index in [2.05, 4.69) is 16.5 Å². The van der Waals surface area contributed by atoms with Crippen LogP contribution in [0.5, 0.6) is 0 Å². The van der Waals surface area contributed by atoms with E-state index in [0.29, 0.717) is 5.92 Å². The standard InChI is InChI=1S/C11H19N3O/c1-7-4-3-5-14-8(2)13-10(11(7)14)9(12)6-15/h7,9,15H,3-6,12H2,1-2H3. The highest BCUT2D eigenvalue weighted by Gasteiger charge is 2.26. The second kappa shape index (κ2) is 3.94. The van der Waals surface area contributed by atoms with Crippen LogP contribution in [-0.4, -0.2) is 21.3 Å². The molecule has 0 radical (unpaired) electrons. The molecule has 1 aromatic rings. The van der Waals surface area contributed by atoms with Crippen LogP contribution in [0, 0.1) is 6.92 Å². The number of hydrogen-bond acceptors (Lipinski definition) is 3. The lowest BCUT2D eigenvalue weighted by Gasteiger charge is -2.23. The summed E-state index contributed by atoms with van der Waals surface area (Å²) >= 11 is 0. The zero-order valence-electron chi connectivity index (χ0n) is 9.40. The second-order valence-corrected chi connectivity index (χ2v) is 4.41. The number of imidazole rings is 1. The average molecular weight is 209 g/mol. The fourth-order valence-corrected chi connectivity index (χ4v) is 2.46. The summed E-state index contributed by atoms with van der Waals surface area (Å²) in [6.45, 7) is 5.22. The fraction of sp³-hybridized carbons (Fsp3) is 0.727. The van der Waals surface area contributed by atoms with E-state index in [9.17, 15) is 0 Å². The molecule has 3 N–H and O–H groups in total. The summed E-state index contributed by atoms with van der Waals surface area (Å²) in [5.41, 5.74) is 8.00. The van der Waals surface area contributed by atoms with Gasteiger partial charge in [-0.05, 0) is 25.7 Å². The molecule has 0 bridgehead atoms. The van der Waals surface area contributed by atoms with Crippen LogP contribution in [0.15, 0.2) is 0 Å². The zero-order chi connectivity index (χ0) is 11.0. The Morgan fingerprint density at radius 2 is 2.40 bits per heavy atom. The molecule has 0 fully saturated rings. The van der Waals surface area contributed by atoms with Gasteiger partial charge in [0.2, 0.25) is 0 Å². The molecule has 2 unspecified atom stereocenters. The summed E-state index contributed by atoms with van der Waals surface area (Å²) in [6.07, 6.45) is 2.40. The molecule has 15 heavy (non-hydrogen) atoms. The number of aryl methyl sites for hydroxylation is 1. The van der Waals surface area contributed by atoms with Gasteiger partial charge in [-0.3, -0.25) is 0 Å². The molecule has 0 aliphatic carbocycles. The molecule has 0 saturated carbocycles. The van der Waals surface area contributed by atoms with Gasteiger partial charge in [0.15, 0.2) is 0 Å². The maximum absolute atomic E-state index is 9.11. The Kier molecular flexibility index (Phi) is 2.80. The van der Waals surface area contributed by atoms with Gasteiger partial charge in [-0.1, -0.05) is 6.92 Å². The van der Waals surface area contributed by atoms with Gasteiger partial charge in [0.25, 0.3) is 0 Å². The molecular weight excluding hydrogens is 190 g/mol. The highest BCUT2D eigenvalue weighted by Crippen LogP contribution is 2.32. The van der Waals surface area contributed by atoms with Crippen LogP contribution in [0.25, 0.3) is 0 Å². The van der Waals surface area contributed by atoms with E-state index in [-0.39, 0.29) is 12.6 Å². The lowest BCUT2D eigenvalue weighted by Crippen LogP contribution is -2.21. The van der Waals surface area contributed by atoms with Gasteiger partial charge in [-0.25, -0.2) is 4.98 Å². The number of nitrogens with zero attached hydrogens (tertiary/aromatic N) is 2. The molecule has 1 aliphatic rings. The maximum atomic E-state index is 9.11. The average Bonchev–Trinajstić information content (AvgIpc) is 2.57. The van der Waals surface area contributed by atoms with Gasteiger partial charge in [-0.2, -0.15) is 0 Å². The highest BCUT2D eigenvalue weighted by molar-refractivity contribution is 5.25. The van der Waals surface area contributed by atoms with Gasteiger partial charge in [0, 0.05) is 12.2 Å². The summed E-state index contributed by atoms with van der Waals surface area (Å²) in [4.78, 5) is 4.49. The summed E-state index contributed by atoms with van der Waals surface area (Å²) in [6, 6.07) is -0.333. The van der Waals surface area contributed by atoms with Gasteiger partial charge in [0.05, 0.1) is 18.3 Å². The highest BCUT2D eigenvalue weighted by atomic mass is 16.3. The first kappa shape index (κ1) is 10.6. The minimum Gasteiger partial charge on any atom is -0.394 e. The SMILES string of the molecule is Cc1nc(C(N)CO)c2n1CCCC2C. The molecule has 1 aliphatic heterocycles. The van der Waals surface area contributed by atoms with Crippen LogP contribution in [0.1, 0.15) is 48.9 Å². The van der Waals surface area contributed by atoms with Gasteiger partial charge < -0.3 is 15.4 Å². The van der Waals surface area contributed by atoms with E-state index in [1.807, 2.05) is 6.92 Å². The van der Waals surface area contributed by atoms with Crippen LogP contribution in [0.4, 0.5) is 0 Å². The number of aliphatic hydroxyl groups is 1. The van der Waals surface area contributed by atoms with Crippen molar-refractivity contribution in [3.05, 3.63) is 17.2 Å². The number of hydrogen-bond donors (Lipinski definition) is 2. The van der Waals surface area contributed by atoms with E-state index < -0.39 is 0 Å². The van der Waals surface area contributed by atoms with Crippen LogP contribution in [0.2, 0.25) is 0 Å². The van der Waals surface area contributed by atoms with Crippen LogP contribution >= 0.6 is 0 Å². The molecular formula is C11H19N3O. The van der Waals surface area contributed by atoms with Crippen molar-refractivity contribution in [1.29, 1.82) is 0 Å². The molecule has 2 atom stereocenters. The smallest absolute Gasteiger partial charge is 0.106 e. The predicted molar refractivity (Wildman–Crippen MR) is 58.6 cm³/mol. The first-order valence-electron chi connectivity index (χ1n) is 5.58. The molecule has 2 rings (SSSR count). The first-order valence-corrected chi connectivity index (χ1v) is 5.58. The maximum Gasteiger partial charge on any atom is 0.106 e. The van der Waals surface area contributed by atoms with E-state index in [4.69, 9.17) is 10.8 Å².